The average molecular weight is 278 g/mol. The largest absolute Gasteiger partial charge is 0.497 e. The summed E-state index contributed by atoms with van der Waals surface area (Å²) in [5, 5.41) is 3.42. The molecule has 0 spiro atoms. The zero-order chi connectivity index (χ0) is 14.4. The standard InChI is InChI=1S/C16H26N2O2/c1-17-16(13-5-4-6-15(11-13)20-3)12-18(9-10-19-2)14-7-8-14/h4-6,11,14,16-17H,7-10,12H2,1-3H3. The molecular formula is C16H26N2O2. The minimum Gasteiger partial charge on any atom is -0.497 e. The van der Waals surface area contributed by atoms with Crippen molar-refractivity contribution in [2.24, 2.45) is 0 Å². The highest BCUT2D eigenvalue weighted by Gasteiger charge is 2.30. The summed E-state index contributed by atoms with van der Waals surface area (Å²) in [5.41, 5.74) is 1.27. The number of nitrogens with one attached hydrogen (secondary N) is 1. The van der Waals surface area contributed by atoms with Crippen LogP contribution < -0.4 is 10.1 Å². The lowest BCUT2D eigenvalue weighted by Gasteiger charge is -2.27. The molecule has 4 nitrogen and oxygen atoms in total. The minimum absolute atomic E-state index is 0.322. The van der Waals surface area contributed by atoms with Crippen LogP contribution in [0, 0.1) is 0 Å². The van der Waals surface area contributed by atoms with Gasteiger partial charge in [-0.05, 0) is 37.6 Å². The Morgan fingerprint density at radius 1 is 1.35 bits per heavy atom. The van der Waals surface area contributed by atoms with E-state index in [2.05, 4.69) is 28.4 Å². The Morgan fingerprint density at radius 3 is 2.75 bits per heavy atom. The Morgan fingerprint density at radius 2 is 2.15 bits per heavy atom. The van der Waals surface area contributed by atoms with Crippen LogP contribution in [0.25, 0.3) is 0 Å². The van der Waals surface area contributed by atoms with Gasteiger partial charge in [-0.25, -0.2) is 0 Å². The Labute approximate surface area is 122 Å². The van der Waals surface area contributed by atoms with E-state index in [1.807, 2.05) is 13.1 Å². The van der Waals surface area contributed by atoms with Crippen molar-refractivity contribution < 1.29 is 9.47 Å². The highest BCUT2D eigenvalue weighted by Crippen LogP contribution is 2.29. The maximum Gasteiger partial charge on any atom is 0.119 e. The van der Waals surface area contributed by atoms with E-state index >= 15 is 0 Å². The summed E-state index contributed by atoms with van der Waals surface area (Å²) >= 11 is 0. The number of hydrogen-bond acceptors (Lipinski definition) is 4. The topological polar surface area (TPSA) is 33.7 Å². The van der Waals surface area contributed by atoms with Crippen LogP contribution in [-0.4, -0.2) is 51.9 Å². The zero-order valence-electron chi connectivity index (χ0n) is 12.8. The Balaban J connectivity index is 2.02. The van der Waals surface area contributed by atoms with Crippen LogP contribution in [0.5, 0.6) is 5.75 Å². The Hall–Kier alpha value is -1.10. The van der Waals surface area contributed by atoms with E-state index in [1.165, 1.54) is 18.4 Å². The van der Waals surface area contributed by atoms with Gasteiger partial charge in [-0.3, -0.25) is 4.90 Å². The molecule has 1 atom stereocenters. The summed E-state index contributed by atoms with van der Waals surface area (Å²) in [6.07, 6.45) is 2.64. The number of hydrogen-bond donors (Lipinski definition) is 1. The van der Waals surface area contributed by atoms with Gasteiger partial charge in [0.25, 0.3) is 0 Å². The van der Waals surface area contributed by atoms with Gasteiger partial charge >= 0.3 is 0 Å². The van der Waals surface area contributed by atoms with Gasteiger partial charge in [0.2, 0.25) is 0 Å². The van der Waals surface area contributed by atoms with Crippen molar-refractivity contribution in [2.75, 3.05) is 41.0 Å². The van der Waals surface area contributed by atoms with Crippen molar-refractivity contribution in [1.82, 2.24) is 10.2 Å². The van der Waals surface area contributed by atoms with Crippen molar-refractivity contribution in [3.8, 4) is 5.75 Å². The fourth-order valence-electron chi connectivity index (χ4n) is 2.53. The van der Waals surface area contributed by atoms with Gasteiger partial charge in [0.05, 0.1) is 13.7 Å². The summed E-state index contributed by atoms with van der Waals surface area (Å²) in [6.45, 7) is 2.81. The lowest BCUT2D eigenvalue weighted by atomic mass is 10.1. The number of likely N-dealkylation sites (N-methyl/N-ethyl adjacent to an activating group) is 1. The van der Waals surface area contributed by atoms with E-state index in [4.69, 9.17) is 9.47 Å². The first-order valence-corrected chi connectivity index (χ1v) is 7.32. The summed E-state index contributed by atoms with van der Waals surface area (Å²) < 4.78 is 10.5. The van der Waals surface area contributed by atoms with Crippen molar-refractivity contribution in [1.29, 1.82) is 0 Å². The van der Waals surface area contributed by atoms with E-state index in [0.717, 1.165) is 31.5 Å². The van der Waals surface area contributed by atoms with Crippen LogP contribution in [0.4, 0.5) is 0 Å². The van der Waals surface area contributed by atoms with Crippen LogP contribution in [0.1, 0.15) is 24.4 Å². The van der Waals surface area contributed by atoms with E-state index in [0.29, 0.717) is 6.04 Å². The van der Waals surface area contributed by atoms with Gasteiger partial charge in [-0.1, -0.05) is 12.1 Å². The van der Waals surface area contributed by atoms with Gasteiger partial charge in [0.15, 0.2) is 0 Å². The maximum atomic E-state index is 5.32. The fourth-order valence-corrected chi connectivity index (χ4v) is 2.53. The second-order valence-electron chi connectivity index (χ2n) is 5.34. The van der Waals surface area contributed by atoms with Crippen LogP contribution in [0.2, 0.25) is 0 Å². The molecule has 0 saturated heterocycles. The molecule has 20 heavy (non-hydrogen) atoms. The molecule has 2 rings (SSSR count). The lowest BCUT2D eigenvalue weighted by molar-refractivity contribution is 0.136. The van der Waals surface area contributed by atoms with E-state index in [1.54, 1.807) is 14.2 Å². The summed E-state index contributed by atoms with van der Waals surface area (Å²) in [4.78, 5) is 2.53. The number of nitrogens with zero attached hydrogens (tertiary/aromatic N) is 1. The van der Waals surface area contributed by atoms with Crippen molar-refractivity contribution in [3.05, 3.63) is 29.8 Å². The molecule has 0 aliphatic heterocycles. The van der Waals surface area contributed by atoms with Crippen LogP contribution in [0.15, 0.2) is 24.3 Å². The second-order valence-corrected chi connectivity index (χ2v) is 5.34. The Bertz CT molecular complexity index is 407. The summed E-state index contributed by atoms with van der Waals surface area (Å²) in [6, 6.07) is 9.37. The smallest absolute Gasteiger partial charge is 0.119 e. The first-order valence-electron chi connectivity index (χ1n) is 7.32. The Kier molecular flexibility index (Phi) is 5.83. The third kappa shape index (κ3) is 4.20. The van der Waals surface area contributed by atoms with Gasteiger partial charge in [0.1, 0.15) is 5.75 Å². The molecule has 1 aromatic rings. The summed E-state index contributed by atoms with van der Waals surface area (Å²) in [7, 11) is 5.50. The average Bonchev–Trinajstić information content (AvgIpc) is 3.32. The van der Waals surface area contributed by atoms with Crippen LogP contribution >= 0.6 is 0 Å². The summed E-state index contributed by atoms with van der Waals surface area (Å²) in [5.74, 6) is 0.914. The molecule has 1 aliphatic carbocycles. The number of ether oxygens (including phenoxy) is 2. The lowest BCUT2D eigenvalue weighted by Crippen LogP contribution is -2.37. The molecule has 0 radical (unpaired) electrons. The molecule has 1 aromatic carbocycles. The molecule has 0 bridgehead atoms. The van der Waals surface area contributed by atoms with E-state index in [9.17, 15) is 0 Å². The molecular weight excluding hydrogens is 252 g/mol. The maximum absolute atomic E-state index is 5.32. The third-order valence-corrected chi connectivity index (χ3v) is 3.91. The van der Waals surface area contributed by atoms with Crippen molar-refractivity contribution in [2.45, 2.75) is 24.9 Å². The minimum atomic E-state index is 0.322. The van der Waals surface area contributed by atoms with Crippen LogP contribution in [-0.2, 0) is 4.74 Å². The van der Waals surface area contributed by atoms with Gasteiger partial charge < -0.3 is 14.8 Å². The zero-order valence-corrected chi connectivity index (χ0v) is 12.8. The fraction of sp³-hybridized carbons (Fsp3) is 0.625. The van der Waals surface area contributed by atoms with E-state index < -0.39 is 0 Å². The molecule has 1 fully saturated rings. The van der Waals surface area contributed by atoms with Crippen molar-refractivity contribution >= 4 is 0 Å². The molecule has 4 heteroatoms. The normalized spacial score (nSPS) is 16.4. The van der Waals surface area contributed by atoms with Gasteiger partial charge in [0, 0.05) is 32.3 Å². The number of rotatable bonds is 9. The predicted octanol–water partition coefficient (Wildman–Crippen LogP) is 2.07. The molecule has 0 amide bonds. The SMILES string of the molecule is CNC(CN(CCOC)C1CC1)c1cccc(OC)c1. The highest BCUT2D eigenvalue weighted by atomic mass is 16.5. The number of methoxy groups -OCH3 is 2. The molecule has 1 saturated carbocycles. The molecule has 112 valence electrons. The first kappa shape index (κ1) is 15.3. The quantitative estimate of drug-likeness (QED) is 0.750. The molecule has 0 heterocycles. The first-order chi connectivity index (χ1) is 9.78. The van der Waals surface area contributed by atoms with Crippen molar-refractivity contribution in [3.63, 3.8) is 0 Å². The van der Waals surface area contributed by atoms with E-state index in [-0.39, 0.29) is 0 Å². The van der Waals surface area contributed by atoms with Gasteiger partial charge in [-0.15, -0.1) is 0 Å². The van der Waals surface area contributed by atoms with Crippen LogP contribution in [0.3, 0.4) is 0 Å². The molecule has 1 aliphatic rings. The third-order valence-electron chi connectivity index (χ3n) is 3.91. The molecule has 1 N–H and O–H groups in total. The second kappa shape index (κ2) is 7.62. The monoisotopic (exact) mass is 278 g/mol. The number of benzene rings is 1. The molecule has 1 unspecified atom stereocenters. The predicted molar refractivity (Wildman–Crippen MR) is 81.3 cm³/mol. The van der Waals surface area contributed by atoms with Gasteiger partial charge in [-0.2, -0.15) is 0 Å². The molecule has 0 aromatic heterocycles. The highest BCUT2D eigenvalue weighted by molar-refractivity contribution is 5.30.